The number of ether oxygens (including phenoxy) is 1. The number of nitrogens with one attached hydrogen (secondary N) is 1. The third kappa shape index (κ3) is 2.61. The van der Waals surface area contributed by atoms with Crippen LogP contribution in [0.5, 0.6) is 0 Å². The average Bonchev–Trinajstić information content (AvgIpc) is 2.63. The van der Waals surface area contributed by atoms with Gasteiger partial charge in [-0.1, -0.05) is 0 Å². The molecule has 1 amide bonds. The molecular formula is C11H14N2O2S. The van der Waals surface area contributed by atoms with Crippen molar-refractivity contribution in [2.24, 2.45) is 0 Å². The number of hydrogen-bond donors (Lipinski definition) is 2. The van der Waals surface area contributed by atoms with Crippen molar-refractivity contribution < 1.29 is 9.53 Å². The summed E-state index contributed by atoms with van der Waals surface area (Å²) in [5.41, 5.74) is 7.60. The van der Waals surface area contributed by atoms with Crippen molar-refractivity contribution in [3.63, 3.8) is 0 Å². The molecule has 0 bridgehead atoms. The predicted octanol–water partition coefficient (Wildman–Crippen LogP) is 1.78. The van der Waals surface area contributed by atoms with Crippen molar-refractivity contribution in [2.45, 2.75) is 17.9 Å². The minimum atomic E-state index is -0.320. The van der Waals surface area contributed by atoms with Crippen LogP contribution in [0.1, 0.15) is 5.56 Å². The molecule has 16 heavy (non-hydrogen) atoms. The molecule has 0 aliphatic carbocycles. The Labute approximate surface area is 98.5 Å². The number of alkyl carbamates (subject to hydrolysis) is 1. The molecule has 1 atom stereocenters. The van der Waals surface area contributed by atoms with E-state index in [0.29, 0.717) is 6.54 Å². The molecule has 3 N–H and O–H groups in total. The van der Waals surface area contributed by atoms with E-state index in [2.05, 4.69) is 5.32 Å². The lowest BCUT2D eigenvalue weighted by atomic mass is 10.2. The van der Waals surface area contributed by atoms with Gasteiger partial charge < -0.3 is 15.8 Å². The number of nitrogen functional groups attached to an aromatic ring is 1. The first kappa shape index (κ1) is 11.1. The van der Waals surface area contributed by atoms with Gasteiger partial charge in [-0.15, -0.1) is 11.8 Å². The number of carbonyl (C=O) groups excluding carboxylic acids is 1. The summed E-state index contributed by atoms with van der Waals surface area (Å²) in [6.45, 7) is 2.62. The van der Waals surface area contributed by atoms with E-state index in [-0.39, 0.29) is 12.2 Å². The molecule has 2 rings (SSSR count). The topological polar surface area (TPSA) is 64.3 Å². The number of aryl methyl sites for hydroxylation is 1. The lowest BCUT2D eigenvalue weighted by Crippen LogP contribution is -2.16. The lowest BCUT2D eigenvalue weighted by Gasteiger charge is -2.09. The first-order valence-corrected chi connectivity index (χ1v) is 6.07. The number of cyclic esters (lactones) is 1. The number of hydrogen-bond acceptors (Lipinski definition) is 4. The summed E-state index contributed by atoms with van der Waals surface area (Å²) in [7, 11) is 0. The number of rotatable bonds is 3. The van der Waals surface area contributed by atoms with Crippen LogP contribution in [-0.4, -0.2) is 24.5 Å². The highest BCUT2D eigenvalue weighted by Gasteiger charge is 2.22. The first-order chi connectivity index (χ1) is 7.65. The van der Waals surface area contributed by atoms with Gasteiger partial charge in [-0.3, -0.25) is 0 Å². The van der Waals surface area contributed by atoms with Gasteiger partial charge >= 0.3 is 6.09 Å². The molecule has 1 heterocycles. The van der Waals surface area contributed by atoms with Crippen molar-refractivity contribution in [1.29, 1.82) is 0 Å². The van der Waals surface area contributed by atoms with Gasteiger partial charge in [0.05, 0.1) is 6.54 Å². The van der Waals surface area contributed by atoms with Crippen LogP contribution in [0.25, 0.3) is 0 Å². The van der Waals surface area contributed by atoms with Crippen molar-refractivity contribution in [2.75, 3.05) is 18.0 Å². The van der Waals surface area contributed by atoms with E-state index in [0.717, 1.165) is 17.0 Å². The highest BCUT2D eigenvalue weighted by atomic mass is 32.2. The number of thioether (sulfide) groups is 1. The zero-order valence-electron chi connectivity index (χ0n) is 9.03. The second kappa shape index (κ2) is 4.65. The van der Waals surface area contributed by atoms with Crippen LogP contribution in [0.15, 0.2) is 23.1 Å². The second-order valence-corrected chi connectivity index (χ2v) is 4.81. The standard InChI is InChI=1S/C11H14N2O2S/c1-7-4-8(12)2-3-10(7)16-6-9-5-13-11(14)15-9/h2-4,9H,5-6,12H2,1H3,(H,13,14). The van der Waals surface area contributed by atoms with E-state index in [9.17, 15) is 4.79 Å². The van der Waals surface area contributed by atoms with Gasteiger partial charge in [-0.2, -0.15) is 0 Å². The van der Waals surface area contributed by atoms with Crippen LogP contribution >= 0.6 is 11.8 Å². The summed E-state index contributed by atoms with van der Waals surface area (Å²) in [5, 5.41) is 2.64. The maximum atomic E-state index is 10.8. The third-order valence-electron chi connectivity index (χ3n) is 2.37. The largest absolute Gasteiger partial charge is 0.443 e. The smallest absolute Gasteiger partial charge is 0.407 e. The zero-order chi connectivity index (χ0) is 11.5. The molecule has 0 spiro atoms. The normalized spacial score (nSPS) is 19.3. The first-order valence-electron chi connectivity index (χ1n) is 5.08. The van der Waals surface area contributed by atoms with Crippen LogP contribution in [0.3, 0.4) is 0 Å². The fourth-order valence-electron chi connectivity index (χ4n) is 1.54. The van der Waals surface area contributed by atoms with Gasteiger partial charge in [0.1, 0.15) is 6.10 Å². The zero-order valence-corrected chi connectivity index (χ0v) is 9.84. The molecular weight excluding hydrogens is 224 g/mol. The Morgan fingerprint density at radius 3 is 3.06 bits per heavy atom. The fourth-order valence-corrected chi connectivity index (χ4v) is 2.54. The van der Waals surface area contributed by atoms with Crippen LogP contribution in [0.4, 0.5) is 10.5 Å². The Kier molecular flexibility index (Phi) is 3.24. The summed E-state index contributed by atoms with van der Waals surface area (Å²) in [4.78, 5) is 12.0. The minimum absolute atomic E-state index is 0.0329. The molecule has 0 radical (unpaired) electrons. The quantitative estimate of drug-likeness (QED) is 0.622. The molecule has 1 unspecified atom stereocenters. The van der Waals surface area contributed by atoms with Gasteiger partial charge in [0, 0.05) is 16.3 Å². The summed E-state index contributed by atoms with van der Waals surface area (Å²) in [6, 6.07) is 5.83. The van der Waals surface area contributed by atoms with Crippen molar-refractivity contribution in [3.8, 4) is 0 Å². The summed E-state index contributed by atoms with van der Waals surface area (Å²) in [5.74, 6) is 0.767. The van der Waals surface area contributed by atoms with E-state index in [1.54, 1.807) is 11.8 Å². The van der Waals surface area contributed by atoms with E-state index in [1.165, 1.54) is 4.90 Å². The van der Waals surface area contributed by atoms with E-state index >= 15 is 0 Å². The second-order valence-electron chi connectivity index (χ2n) is 3.74. The third-order valence-corrected chi connectivity index (χ3v) is 3.68. The number of anilines is 1. The number of benzene rings is 1. The monoisotopic (exact) mass is 238 g/mol. The number of carbonyl (C=O) groups is 1. The van der Waals surface area contributed by atoms with Crippen molar-refractivity contribution >= 4 is 23.5 Å². The Morgan fingerprint density at radius 2 is 2.44 bits per heavy atom. The van der Waals surface area contributed by atoms with Crippen molar-refractivity contribution in [3.05, 3.63) is 23.8 Å². The molecule has 1 aromatic carbocycles. The maximum absolute atomic E-state index is 10.8. The molecule has 1 aromatic rings. The molecule has 1 aliphatic rings. The summed E-state index contributed by atoms with van der Waals surface area (Å²) in [6.07, 6.45) is -0.353. The van der Waals surface area contributed by atoms with Gasteiger partial charge in [-0.05, 0) is 30.7 Å². The highest BCUT2D eigenvalue weighted by molar-refractivity contribution is 7.99. The summed E-state index contributed by atoms with van der Waals surface area (Å²) >= 11 is 1.68. The summed E-state index contributed by atoms with van der Waals surface area (Å²) < 4.78 is 5.05. The Morgan fingerprint density at radius 1 is 1.62 bits per heavy atom. The van der Waals surface area contributed by atoms with Crippen molar-refractivity contribution in [1.82, 2.24) is 5.32 Å². The van der Waals surface area contributed by atoms with Gasteiger partial charge in [0.25, 0.3) is 0 Å². The molecule has 4 nitrogen and oxygen atoms in total. The molecule has 1 aliphatic heterocycles. The highest BCUT2D eigenvalue weighted by Crippen LogP contribution is 2.25. The maximum Gasteiger partial charge on any atom is 0.407 e. The van der Waals surface area contributed by atoms with E-state index in [4.69, 9.17) is 10.5 Å². The lowest BCUT2D eigenvalue weighted by molar-refractivity contribution is 0.150. The Hall–Kier alpha value is -1.36. The minimum Gasteiger partial charge on any atom is -0.443 e. The van der Waals surface area contributed by atoms with Crippen LogP contribution in [0.2, 0.25) is 0 Å². The molecule has 1 fully saturated rings. The van der Waals surface area contributed by atoms with Gasteiger partial charge in [-0.25, -0.2) is 4.79 Å². The fraction of sp³-hybridized carbons (Fsp3) is 0.364. The SMILES string of the molecule is Cc1cc(N)ccc1SCC1CNC(=O)O1. The van der Waals surface area contributed by atoms with Crippen LogP contribution < -0.4 is 11.1 Å². The molecule has 0 saturated carbocycles. The van der Waals surface area contributed by atoms with Gasteiger partial charge in [0.2, 0.25) is 0 Å². The number of nitrogens with two attached hydrogens (primary N) is 1. The molecule has 0 aromatic heterocycles. The van der Waals surface area contributed by atoms with Crippen LogP contribution in [-0.2, 0) is 4.74 Å². The molecule has 5 heteroatoms. The number of amides is 1. The Balaban J connectivity index is 1.92. The average molecular weight is 238 g/mol. The molecule has 86 valence electrons. The van der Waals surface area contributed by atoms with E-state index < -0.39 is 0 Å². The van der Waals surface area contributed by atoms with Gasteiger partial charge in [0.15, 0.2) is 0 Å². The molecule has 1 saturated heterocycles. The van der Waals surface area contributed by atoms with E-state index in [1.807, 2.05) is 25.1 Å². The Bertz CT molecular complexity index is 409. The van der Waals surface area contributed by atoms with Crippen LogP contribution in [0, 0.1) is 6.92 Å². The predicted molar refractivity (Wildman–Crippen MR) is 64.6 cm³/mol.